The van der Waals surface area contributed by atoms with E-state index in [1.807, 2.05) is 53.6 Å². The first-order chi connectivity index (χ1) is 10.7. The van der Waals surface area contributed by atoms with Gasteiger partial charge in [0.15, 0.2) is 0 Å². The fourth-order valence-electron chi connectivity index (χ4n) is 2.63. The number of benzene rings is 1. The van der Waals surface area contributed by atoms with Gasteiger partial charge in [0, 0.05) is 42.5 Å². The van der Waals surface area contributed by atoms with Crippen molar-refractivity contribution in [3.05, 3.63) is 63.5 Å². The molecule has 0 atom stereocenters. The van der Waals surface area contributed by atoms with Crippen molar-refractivity contribution in [1.29, 1.82) is 0 Å². The molecule has 1 amide bonds. The van der Waals surface area contributed by atoms with Crippen LogP contribution in [0.1, 0.15) is 16.1 Å². The first-order valence-corrected chi connectivity index (χ1v) is 8.48. The lowest BCUT2D eigenvalue weighted by Gasteiger charge is -2.34. The van der Waals surface area contributed by atoms with Gasteiger partial charge in [0.2, 0.25) is 0 Å². The molecule has 0 saturated carbocycles. The summed E-state index contributed by atoms with van der Waals surface area (Å²) in [6.45, 7) is 4.19. The summed E-state index contributed by atoms with van der Waals surface area (Å²) >= 11 is 2.22. The van der Waals surface area contributed by atoms with Crippen LogP contribution in [-0.2, 0) is 6.54 Å². The van der Waals surface area contributed by atoms with Crippen LogP contribution in [0.4, 0.5) is 0 Å². The maximum absolute atomic E-state index is 12.6. The van der Waals surface area contributed by atoms with Gasteiger partial charge in [-0.05, 0) is 46.9 Å². The van der Waals surface area contributed by atoms with E-state index in [0.717, 1.165) is 47.6 Å². The summed E-state index contributed by atoms with van der Waals surface area (Å²) in [5.74, 6) is 0.141. The Bertz CT molecular complexity index is 639. The molecule has 5 heteroatoms. The van der Waals surface area contributed by atoms with Crippen molar-refractivity contribution in [3.8, 4) is 0 Å². The standard InChI is InChI=1S/C17H18IN3O/c18-16-7-2-1-6-15(16)17(22)21-11-9-20(10-12-21)13-14-5-3-4-8-19-14/h1-8H,9-13H2. The predicted octanol–water partition coefficient (Wildman–Crippen LogP) is 2.64. The summed E-state index contributed by atoms with van der Waals surface area (Å²) in [6, 6.07) is 13.8. The highest BCUT2D eigenvalue weighted by molar-refractivity contribution is 14.1. The van der Waals surface area contributed by atoms with Gasteiger partial charge in [-0.2, -0.15) is 0 Å². The van der Waals surface area contributed by atoms with E-state index in [9.17, 15) is 4.79 Å². The fourth-order valence-corrected chi connectivity index (χ4v) is 3.25. The number of hydrogen-bond donors (Lipinski definition) is 0. The molecule has 3 rings (SSSR count). The van der Waals surface area contributed by atoms with Gasteiger partial charge in [0.25, 0.3) is 5.91 Å². The third kappa shape index (κ3) is 3.64. The molecule has 1 aromatic carbocycles. The summed E-state index contributed by atoms with van der Waals surface area (Å²) in [6.07, 6.45) is 1.83. The average molecular weight is 407 g/mol. The molecule has 0 aliphatic carbocycles. The molecular formula is C17H18IN3O. The number of nitrogens with zero attached hydrogens (tertiary/aromatic N) is 3. The van der Waals surface area contributed by atoms with Crippen molar-refractivity contribution in [2.45, 2.75) is 6.54 Å². The minimum Gasteiger partial charge on any atom is -0.336 e. The van der Waals surface area contributed by atoms with Crippen molar-refractivity contribution < 1.29 is 4.79 Å². The van der Waals surface area contributed by atoms with Crippen LogP contribution in [0.15, 0.2) is 48.7 Å². The molecule has 0 unspecified atom stereocenters. The summed E-state index contributed by atoms with van der Waals surface area (Å²) in [5, 5.41) is 0. The number of piperazine rings is 1. The highest BCUT2D eigenvalue weighted by Crippen LogP contribution is 2.16. The van der Waals surface area contributed by atoms with Gasteiger partial charge in [-0.3, -0.25) is 14.7 Å². The normalized spacial score (nSPS) is 15.8. The maximum Gasteiger partial charge on any atom is 0.255 e. The smallest absolute Gasteiger partial charge is 0.255 e. The Morgan fingerprint density at radius 1 is 1.05 bits per heavy atom. The third-order valence-electron chi connectivity index (χ3n) is 3.88. The maximum atomic E-state index is 12.6. The summed E-state index contributed by atoms with van der Waals surface area (Å²) in [4.78, 5) is 21.2. The van der Waals surface area contributed by atoms with Crippen molar-refractivity contribution in [3.63, 3.8) is 0 Å². The van der Waals surface area contributed by atoms with Crippen LogP contribution in [0.3, 0.4) is 0 Å². The van der Waals surface area contributed by atoms with E-state index in [4.69, 9.17) is 0 Å². The topological polar surface area (TPSA) is 36.4 Å². The molecule has 1 saturated heterocycles. The van der Waals surface area contributed by atoms with E-state index in [-0.39, 0.29) is 5.91 Å². The van der Waals surface area contributed by atoms with Gasteiger partial charge in [-0.25, -0.2) is 0 Å². The lowest BCUT2D eigenvalue weighted by Crippen LogP contribution is -2.48. The molecule has 114 valence electrons. The molecule has 0 spiro atoms. The number of carbonyl (C=O) groups is 1. The zero-order valence-electron chi connectivity index (χ0n) is 12.3. The van der Waals surface area contributed by atoms with Gasteiger partial charge < -0.3 is 4.90 Å². The number of rotatable bonds is 3. The molecule has 1 aromatic heterocycles. The molecule has 22 heavy (non-hydrogen) atoms. The Morgan fingerprint density at radius 3 is 2.45 bits per heavy atom. The summed E-state index contributed by atoms with van der Waals surface area (Å²) < 4.78 is 1.01. The van der Waals surface area contributed by atoms with Gasteiger partial charge >= 0.3 is 0 Å². The number of carbonyl (C=O) groups excluding carboxylic acids is 1. The van der Waals surface area contributed by atoms with E-state index in [0.29, 0.717) is 0 Å². The molecular weight excluding hydrogens is 389 g/mol. The fraction of sp³-hybridized carbons (Fsp3) is 0.294. The van der Waals surface area contributed by atoms with Crippen molar-refractivity contribution >= 4 is 28.5 Å². The van der Waals surface area contributed by atoms with Crippen LogP contribution in [-0.4, -0.2) is 46.9 Å². The summed E-state index contributed by atoms with van der Waals surface area (Å²) in [7, 11) is 0. The Labute approximate surface area is 144 Å². The number of aromatic nitrogens is 1. The highest BCUT2D eigenvalue weighted by atomic mass is 127. The van der Waals surface area contributed by atoms with Crippen LogP contribution >= 0.6 is 22.6 Å². The van der Waals surface area contributed by atoms with Crippen LogP contribution in [0.25, 0.3) is 0 Å². The summed E-state index contributed by atoms with van der Waals surface area (Å²) in [5.41, 5.74) is 1.89. The molecule has 4 nitrogen and oxygen atoms in total. The minimum absolute atomic E-state index is 0.141. The SMILES string of the molecule is O=C(c1ccccc1I)N1CCN(Cc2ccccn2)CC1. The largest absolute Gasteiger partial charge is 0.336 e. The first kappa shape index (κ1) is 15.4. The van der Waals surface area contributed by atoms with Gasteiger partial charge in [-0.15, -0.1) is 0 Å². The average Bonchev–Trinajstić information content (AvgIpc) is 2.56. The van der Waals surface area contributed by atoms with E-state index in [1.165, 1.54) is 0 Å². The highest BCUT2D eigenvalue weighted by Gasteiger charge is 2.23. The zero-order valence-corrected chi connectivity index (χ0v) is 14.4. The molecule has 2 heterocycles. The van der Waals surface area contributed by atoms with E-state index >= 15 is 0 Å². The molecule has 2 aromatic rings. The van der Waals surface area contributed by atoms with E-state index in [1.54, 1.807) is 0 Å². The second-order valence-corrected chi connectivity index (χ2v) is 6.53. The first-order valence-electron chi connectivity index (χ1n) is 7.40. The van der Waals surface area contributed by atoms with Crippen LogP contribution < -0.4 is 0 Å². The monoisotopic (exact) mass is 407 g/mol. The Balaban J connectivity index is 1.58. The number of amides is 1. The van der Waals surface area contributed by atoms with Crippen LogP contribution in [0.2, 0.25) is 0 Å². The van der Waals surface area contributed by atoms with Crippen LogP contribution in [0.5, 0.6) is 0 Å². The van der Waals surface area contributed by atoms with Gasteiger partial charge in [0.1, 0.15) is 0 Å². The van der Waals surface area contributed by atoms with Crippen LogP contribution in [0, 0.1) is 3.57 Å². The van der Waals surface area contributed by atoms with Crippen molar-refractivity contribution in [2.24, 2.45) is 0 Å². The lowest BCUT2D eigenvalue weighted by atomic mass is 10.2. The second-order valence-electron chi connectivity index (χ2n) is 5.37. The molecule has 1 fully saturated rings. The minimum atomic E-state index is 0.141. The van der Waals surface area contributed by atoms with Crippen molar-refractivity contribution in [1.82, 2.24) is 14.8 Å². The Hall–Kier alpha value is -1.47. The number of halogens is 1. The van der Waals surface area contributed by atoms with Gasteiger partial charge in [0.05, 0.1) is 11.3 Å². The molecule has 0 N–H and O–H groups in total. The number of hydrogen-bond acceptors (Lipinski definition) is 3. The third-order valence-corrected chi connectivity index (χ3v) is 4.82. The molecule has 1 aliphatic rings. The zero-order chi connectivity index (χ0) is 15.4. The van der Waals surface area contributed by atoms with Gasteiger partial charge in [-0.1, -0.05) is 18.2 Å². The predicted molar refractivity (Wildman–Crippen MR) is 94.6 cm³/mol. The lowest BCUT2D eigenvalue weighted by molar-refractivity contribution is 0.0626. The molecule has 0 radical (unpaired) electrons. The quantitative estimate of drug-likeness (QED) is 0.735. The molecule has 1 aliphatic heterocycles. The molecule has 0 bridgehead atoms. The van der Waals surface area contributed by atoms with E-state index in [2.05, 4.69) is 32.5 Å². The van der Waals surface area contributed by atoms with Crippen molar-refractivity contribution in [2.75, 3.05) is 26.2 Å². The number of pyridine rings is 1. The Kier molecular flexibility index (Phi) is 5.04. The second kappa shape index (κ2) is 7.19. The van der Waals surface area contributed by atoms with E-state index < -0.39 is 0 Å². The Morgan fingerprint density at radius 2 is 1.77 bits per heavy atom.